The summed E-state index contributed by atoms with van der Waals surface area (Å²) in [6.07, 6.45) is 0. The van der Waals surface area contributed by atoms with Gasteiger partial charge >= 0.3 is 0 Å². The molecule has 0 saturated heterocycles. The van der Waals surface area contributed by atoms with Crippen LogP contribution in [-0.4, -0.2) is 17.4 Å². The summed E-state index contributed by atoms with van der Waals surface area (Å²) in [4.78, 5) is 22.1. The summed E-state index contributed by atoms with van der Waals surface area (Å²) in [6, 6.07) is 11.2. The van der Waals surface area contributed by atoms with Crippen LogP contribution in [0, 0.1) is 10.1 Å². The number of amides is 1. The molecule has 2 N–H and O–H groups in total. The van der Waals surface area contributed by atoms with Gasteiger partial charge in [-0.3, -0.25) is 14.9 Å². The number of anilines is 1. The van der Waals surface area contributed by atoms with E-state index < -0.39 is 4.92 Å². The third-order valence-corrected chi connectivity index (χ3v) is 3.90. The minimum absolute atomic E-state index is 0.0565. The lowest BCUT2D eigenvalue weighted by Crippen LogP contribution is -2.30. The van der Waals surface area contributed by atoms with Crippen LogP contribution in [0.4, 0.5) is 11.4 Å². The molecule has 126 valence electrons. The lowest BCUT2D eigenvalue weighted by Gasteiger charge is -2.14. The van der Waals surface area contributed by atoms with Crippen LogP contribution < -0.4 is 10.6 Å². The fourth-order valence-corrected chi connectivity index (χ4v) is 2.47. The van der Waals surface area contributed by atoms with E-state index in [4.69, 9.17) is 23.2 Å². The Morgan fingerprint density at radius 3 is 2.62 bits per heavy atom. The Bertz CT molecular complexity index is 768. The van der Waals surface area contributed by atoms with Crippen molar-refractivity contribution in [3.8, 4) is 0 Å². The van der Waals surface area contributed by atoms with Gasteiger partial charge in [0.25, 0.3) is 5.69 Å². The highest BCUT2D eigenvalue weighted by Gasteiger charge is 2.12. The minimum Gasteiger partial charge on any atom is -0.324 e. The fraction of sp³-hybridized carbons (Fsp3) is 0.188. The Balaban J connectivity index is 1.93. The number of rotatable bonds is 6. The summed E-state index contributed by atoms with van der Waals surface area (Å²) in [6.45, 7) is 1.97. The Morgan fingerprint density at radius 1 is 1.25 bits per heavy atom. The highest BCUT2D eigenvalue weighted by molar-refractivity contribution is 6.34. The molecule has 0 radical (unpaired) electrons. The number of hydrogen-bond acceptors (Lipinski definition) is 4. The van der Waals surface area contributed by atoms with E-state index in [9.17, 15) is 14.9 Å². The first-order valence-electron chi connectivity index (χ1n) is 7.09. The predicted molar refractivity (Wildman–Crippen MR) is 94.6 cm³/mol. The van der Waals surface area contributed by atoms with Gasteiger partial charge in [0.2, 0.25) is 5.91 Å². The summed E-state index contributed by atoms with van der Waals surface area (Å²) in [7, 11) is 0. The standard InChI is InChI=1S/C16H15Cl2N3O3/c1-10(11-3-2-4-12(17)7-11)19-9-16(22)20-15-6-5-13(21(23)24)8-14(15)18/h2-8,10,19H,9H2,1H3,(H,20,22)/t10-/m1/s1. The maximum Gasteiger partial charge on any atom is 0.271 e. The maximum absolute atomic E-state index is 12.0. The summed E-state index contributed by atoms with van der Waals surface area (Å²) in [5, 5.41) is 17.1. The van der Waals surface area contributed by atoms with E-state index in [1.807, 2.05) is 25.1 Å². The van der Waals surface area contributed by atoms with Crippen molar-refractivity contribution in [3.05, 3.63) is 68.2 Å². The van der Waals surface area contributed by atoms with Crippen LogP contribution >= 0.6 is 23.2 Å². The van der Waals surface area contributed by atoms with Crippen molar-refractivity contribution < 1.29 is 9.72 Å². The molecule has 8 heteroatoms. The van der Waals surface area contributed by atoms with Gasteiger partial charge in [0.15, 0.2) is 0 Å². The van der Waals surface area contributed by atoms with E-state index in [0.717, 1.165) is 5.56 Å². The van der Waals surface area contributed by atoms with Crippen molar-refractivity contribution in [2.75, 3.05) is 11.9 Å². The van der Waals surface area contributed by atoms with Gasteiger partial charge in [-0.25, -0.2) is 0 Å². The van der Waals surface area contributed by atoms with E-state index in [-0.39, 0.29) is 29.2 Å². The molecule has 0 unspecified atom stereocenters. The number of carbonyl (C=O) groups excluding carboxylic acids is 1. The van der Waals surface area contributed by atoms with Gasteiger partial charge in [0.05, 0.1) is 22.2 Å². The molecule has 0 aliphatic carbocycles. The molecule has 6 nitrogen and oxygen atoms in total. The minimum atomic E-state index is -0.550. The Morgan fingerprint density at radius 2 is 2.00 bits per heavy atom. The summed E-state index contributed by atoms with van der Waals surface area (Å²) >= 11 is 11.9. The number of carbonyl (C=O) groups is 1. The van der Waals surface area contributed by atoms with Crippen molar-refractivity contribution in [1.29, 1.82) is 0 Å². The molecule has 0 aliphatic heterocycles. The Labute approximate surface area is 148 Å². The molecule has 0 fully saturated rings. The fourth-order valence-electron chi connectivity index (χ4n) is 2.05. The average Bonchev–Trinajstić information content (AvgIpc) is 2.54. The van der Waals surface area contributed by atoms with Crippen molar-refractivity contribution in [2.24, 2.45) is 0 Å². The molecule has 24 heavy (non-hydrogen) atoms. The molecular weight excluding hydrogens is 353 g/mol. The molecule has 0 aromatic heterocycles. The van der Waals surface area contributed by atoms with E-state index in [1.165, 1.54) is 18.2 Å². The number of nitrogens with zero attached hydrogens (tertiary/aromatic N) is 1. The largest absolute Gasteiger partial charge is 0.324 e. The first-order chi connectivity index (χ1) is 11.4. The first kappa shape index (κ1) is 18.2. The second-order valence-electron chi connectivity index (χ2n) is 5.13. The van der Waals surface area contributed by atoms with Crippen molar-refractivity contribution >= 4 is 40.5 Å². The molecule has 2 rings (SSSR count). The van der Waals surface area contributed by atoms with E-state index in [2.05, 4.69) is 10.6 Å². The number of benzene rings is 2. The van der Waals surface area contributed by atoms with Crippen LogP contribution in [0.2, 0.25) is 10.0 Å². The monoisotopic (exact) mass is 367 g/mol. The zero-order valence-corrected chi connectivity index (χ0v) is 14.3. The topological polar surface area (TPSA) is 84.3 Å². The van der Waals surface area contributed by atoms with Gasteiger partial charge in [-0.2, -0.15) is 0 Å². The van der Waals surface area contributed by atoms with Crippen LogP contribution in [0.25, 0.3) is 0 Å². The number of nitro benzene ring substituents is 1. The van der Waals surface area contributed by atoms with Crippen molar-refractivity contribution in [1.82, 2.24) is 5.32 Å². The molecule has 2 aromatic rings. The molecule has 0 heterocycles. The third-order valence-electron chi connectivity index (χ3n) is 3.36. The third kappa shape index (κ3) is 4.92. The zero-order valence-electron chi connectivity index (χ0n) is 12.8. The predicted octanol–water partition coefficient (Wildman–Crippen LogP) is 4.19. The van der Waals surface area contributed by atoms with Gasteiger partial charge in [-0.1, -0.05) is 35.3 Å². The molecule has 0 bridgehead atoms. The maximum atomic E-state index is 12.0. The van der Waals surface area contributed by atoms with E-state index in [1.54, 1.807) is 6.07 Å². The number of halogens is 2. The quantitative estimate of drug-likeness (QED) is 0.592. The summed E-state index contributed by atoms with van der Waals surface area (Å²) in [5.41, 5.74) is 1.15. The van der Waals surface area contributed by atoms with Gasteiger partial charge < -0.3 is 10.6 Å². The van der Waals surface area contributed by atoms with Gasteiger partial charge in [0.1, 0.15) is 0 Å². The van der Waals surface area contributed by atoms with Gasteiger partial charge in [0, 0.05) is 23.2 Å². The van der Waals surface area contributed by atoms with Crippen LogP contribution in [-0.2, 0) is 4.79 Å². The Hall–Kier alpha value is -2.15. The highest BCUT2D eigenvalue weighted by Crippen LogP contribution is 2.26. The zero-order chi connectivity index (χ0) is 17.7. The smallest absolute Gasteiger partial charge is 0.271 e. The van der Waals surface area contributed by atoms with Crippen LogP contribution in [0.5, 0.6) is 0 Å². The van der Waals surface area contributed by atoms with E-state index in [0.29, 0.717) is 10.7 Å². The number of hydrogen-bond donors (Lipinski definition) is 2. The van der Waals surface area contributed by atoms with Crippen molar-refractivity contribution in [3.63, 3.8) is 0 Å². The highest BCUT2D eigenvalue weighted by atomic mass is 35.5. The van der Waals surface area contributed by atoms with E-state index >= 15 is 0 Å². The van der Waals surface area contributed by atoms with Crippen LogP contribution in [0.15, 0.2) is 42.5 Å². The normalized spacial score (nSPS) is 11.8. The van der Waals surface area contributed by atoms with Gasteiger partial charge in [-0.05, 0) is 30.7 Å². The molecule has 0 aliphatic rings. The molecule has 2 aromatic carbocycles. The van der Waals surface area contributed by atoms with Crippen molar-refractivity contribution in [2.45, 2.75) is 13.0 Å². The SMILES string of the molecule is C[C@@H](NCC(=O)Nc1ccc([N+](=O)[O-])cc1Cl)c1cccc(Cl)c1. The molecule has 0 spiro atoms. The second-order valence-corrected chi connectivity index (χ2v) is 5.97. The first-order valence-corrected chi connectivity index (χ1v) is 7.85. The Kier molecular flexibility index (Phi) is 6.14. The van der Waals surface area contributed by atoms with Crippen LogP contribution in [0.3, 0.4) is 0 Å². The number of non-ortho nitro benzene ring substituents is 1. The molecule has 1 atom stereocenters. The molecular formula is C16H15Cl2N3O3. The lowest BCUT2D eigenvalue weighted by molar-refractivity contribution is -0.384. The average molecular weight is 368 g/mol. The summed E-state index contributed by atoms with van der Waals surface area (Å²) < 4.78 is 0. The molecule has 0 saturated carbocycles. The number of nitrogens with one attached hydrogen (secondary N) is 2. The summed E-state index contributed by atoms with van der Waals surface area (Å²) in [5.74, 6) is -0.306. The number of nitro groups is 1. The molecule has 1 amide bonds. The van der Waals surface area contributed by atoms with Crippen LogP contribution in [0.1, 0.15) is 18.5 Å². The second kappa shape index (κ2) is 8.10. The lowest BCUT2D eigenvalue weighted by atomic mass is 10.1. The van der Waals surface area contributed by atoms with Gasteiger partial charge in [-0.15, -0.1) is 0 Å².